The van der Waals surface area contributed by atoms with Gasteiger partial charge in [0.2, 0.25) is 5.91 Å². The normalized spacial score (nSPS) is 10.1. The van der Waals surface area contributed by atoms with Crippen LogP contribution in [-0.4, -0.2) is 22.0 Å². The van der Waals surface area contributed by atoms with Gasteiger partial charge in [-0.05, 0) is 23.8 Å². The number of pyridine rings is 1. The third-order valence-corrected chi connectivity index (χ3v) is 3.36. The summed E-state index contributed by atoms with van der Waals surface area (Å²) in [6, 6.07) is 10.3. The summed E-state index contributed by atoms with van der Waals surface area (Å²) >= 11 is 3.37. The first kappa shape index (κ1) is 14.2. The smallest absolute Gasteiger partial charge is 0.337 e. The van der Waals surface area contributed by atoms with Crippen molar-refractivity contribution in [1.29, 1.82) is 0 Å². The summed E-state index contributed by atoms with van der Waals surface area (Å²) in [4.78, 5) is 26.4. The lowest BCUT2D eigenvalue weighted by Crippen LogP contribution is -2.15. The summed E-state index contributed by atoms with van der Waals surface area (Å²) < 4.78 is 0.865. The molecule has 1 aromatic heterocycles. The lowest BCUT2D eigenvalue weighted by molar-refractivity contribution is -0.115. The van der Waals surface area contributed by atoms with Gasteiger partial charge < -0.3 is 10.4 Å². The molecule has 0 saturated heterocycles. The molecule has 0 spiro atoms. The van der Waals surface area contributed by atoms with Crippen LogP contribution in [0.5, 0.6) is 0 Å². The van der Waals surface area contributed by atoms with Crippen molar-refractivity contribution in [2.45, 2.75) is 6.42 Å². The summed E-state index contributed by atoms with van der Waals surface area (Å²) in [5.41, 5.74) is 0.945. The first-order chi connectivity index (χ1) is 9.56. The van der Waals surface area contributed by atoms with E-state index in [1.54, 1.807) is 0 Å². The molecule has 0 unspecified atom stereocenters. The lowest BCUT2D eigenvalue weighted by Gasteiger charge is -2.06. The summed E-state index contributed by atoms with van der Waals surface area (Å²) in [6.07, 6.45) is 1.42. The minimum atomic E-state index is -1.05. The number of nitrogens with zero attached hydrogens (tertiary/aromatic N) is 1. The van der Waals surface area contributed by atoms with E-state index >= 15 is 0 Å². The Bertz CT molecular complexity index is 641. The molecule has 0 fully saturated rings. The number of carbonyl (C=O) groups is 2. The molecule has 102 valence electrons. The summed E-state index contributed by atoms with van der Waals surface area (Å²) in [7, 11) is 0. The van der Waals surface area contributed by atoms with Gasteiger partial charge in [-0.25, -0.2) is 9.78 Å². The van der Waals surface area contributed by atoms with E-state index in [2.05, 4.69) is 26.2 Å². The Labute approximate surface area is 123 Å². The molecule has 0 saturated carbocycles. The molecular weight excluding hydrogens is 324 g/mol. The van der Waals surface area contributed by atoms with Gasteiger partial charge in [-0.3, -0.25) is 4.79 Å². The van der Waals surface area contributed by atoms with Crippen molar-refractivity contribution in [2.75, 3.05) is 5.32 Å². The maximum Gasteiger partial charge on any atom is 0.337 e. The molecular formula is C14H11BrN2O3. The third kappa shape index (κ3) is 3.64. The largest absolute Gasteiger partial charge is 0.478 e. The van der Waals surface area contributed by atoms with Gasteiger partial charge >= 0.3 is 5.97 Å². The Morgan fingerprint density at radius 1 is 1.20 bits per heavy atom. The minimum absolute atomic E-state index is 0.0776. The number of carboxylic acids is 1. The van der Waals surface area contributed by atoms with Crippen molar-refractivity contribution in [3.8, 4) is 0 Å². The molecule has 0 atom stereocenters. The van der Waals surface area contributed by atoms with Crippen molar-refractivity contribution < 1.29 is 14.7 Å². The molecule has 0 aliphatic carbocycles. The molecule has 0 aliphatic heterocycles. The predicted molar refractivity (Wildman–Crippen MR) is 77.7 cm³/mol. The van der Waals surface area contributed by atoms with Crippen LogP contribution in [0.25, 0.3) is 0 Å². The molecule has 1 aromatic carbocycles. The second-order valence-electron chi connectivity index (χ2n) is 4.05. The number of carbonyl (C=O) groups excluding carboxylic acids is 1. The number of hydrogen-bond acceptors (Lipinski definition) is 3. The van der Waals surface area contributed by atoms with Gasteiger partial charge in [-0.2, -0.15) is 0 Å². The Morgan fingerprint density at radius 2 is 1.95 bits per heavy atom. The Hall–Kier alpha value is -2.21. The van der Waals surface area contributed by atoms with E-state index in [4.69, 9.17) is 5.11 Å². The standard InChI is InChI=1S/C14H11BrN2O3/c15-11-4-2-1-3-9(11)7-13(18)17-12-6-5-10(8-16-12)14(19)20/h1-6,8H,7H2,(H,19,20)(H,16,17,18). The number of halogens is 1. The van der Waals surface area contributed by atoms with E-state index in [9.17, 15) is 9.59 Å². The molecule has 1 heterocycles. The van der Waals surface area contributed by atoms with Crippen molar-refractivity contribution in [1.82, 2.24) is 4.98 Å². The monoisotopic (exact) mass is 334 g/mol. The van der Waals surface area contributed by atoms with Crippen LogP contribution in [0, 0.1) is 0 Å². The van der Waals surface area contributed by atoms with E-state index in [-0.39, 0.29) is 17.9 Å². The average Bonchev–Trinajstić information content (AvgIpc) is 2.42. The highest BCUT2D eigenvalue weighted by Gasteiger charge is 2.08. The highest BCUT2D eigenvalue weighted by molar-refractivity contribution is 9.10. The Balaban J connectivity index is 2.01. The fraction of sp³-hybridized carbons (Fsp3) is 0.0714. The van der Waals surface area contributed by atoms with Gasteiger partial charge in [-0.15, -0.1) is 0 Å². The molecule has 1 amide bonds. The topological polar surface area (TPSA) is 79.3 Å². The number of aromatic nitrogens is 1. The van der Waals surface area contributed by atoms with Gasteiger partial charge in [0.05, 0.1) is 12.0 Å². The molecule has 0 bridgehead atoms. The number of nitrogens with one attached hydrogen (secondary N) is 1. The minimum Gasteiger partial charge on any atom is -0.478 e. The summed E-state index contributed by atoms with van der Waals surface area (Å²) in [6.45, 7) is 0. The number of hydrogen-bond donors (Lipinski definition) is 2. The fourth-order valence-corrected chi connectivity index (χ4v) is 2.02. The molecule has 20 heavy (non-hydrogen) atoms. The first-order valence-electron chi connectivity index (χ1n) is 5.79. The van der Waals surface area contributed by atoms with Gasteiger partial charge in [0.25, 0.3) is 0 Å². The molecule has 2 rings (SSSR count). The van der Waals surface area contributed by atoms with Gasteiger partial charge in [-0.1, -0.05) is 34.1 Å². The van der Waals surface area contributed by atoms with Gasteiger partial charge in [0.1, 0.15) is 5.82 Å². The van der Waals surface area contributed by atoms with Crippen LogP contribution in [0.3, 0.4) is 0 Å². The summed E-state index contributed by atoms with van der Waals surface area (Å²) in [5.74, 6) is -0.942. The molecule has 2 aromatic rings. The number of rotatable bonds is 4. The Kier molecular flexibility index (Phi) is 4.47. The SMILES string of the molecule is O=C(Cc1ccccc1Br)Nc1ccc(C(=O)O)cn1. The molecule has 2 N–H and O–H groups in total. The summed E-state index contributed by atoms with van der Waals surface area (Å²) in [5, 5.41) is 11.4. The first-order valence-corrected chi connectivity index (χ1v) is 6.58. The van der Waals surface area contributed by atoms with Crippen LogP contribution in [0.1, 0.15) is 15.9 Å². The van der Waals surface area contributed by atoms with Crippen LogP contribution in [-0.2, 0) is 11.2 Å². The zero-order chi connectivity index (χ0) is 14.5. The Morgan fingerprint density at radius 3 is 2.55 bits per heavy atom. The number of benzene rings is 1. The zero-order valence-corrected chi connectivity index (χ0v) is 11.9. The van der Waals surface area contributed by atoms with E-state index < -0.39 is 5.97 Å². The van der Waals surface area contributed by atoms with Crippen molar-refractivity contribution in [3.05, 3.63) is 58.2 Å². The lowest BCUT2D eigenvalue weighted by atomic mass is 10.1. The van der Waals surface area contributed by atoms with Crippen LogP contribution in [0.15, 0.2) is 47.1 Å². The van der Waals surface area contributed by atoms with Crippen molar-refractivity contribution >= 4 is 33.6 Å². The van der Waals surface area contributed by atoms with E-state index in [0.717, 1.165) is 10.0 Å². The second-order valence-corrected chi connectivity index (χ2v) is 4.91. The molecule has 0 aliphatic rings. The van der Waals surface area contributed by atoms with Crippen LogP contribution in [0.4, 0.5) is 5.82 Å². The van der Waals surface area contributed by atoms with Gasteiger partial charge in [0, 0.05) is 10.7 Å². The maximum absolute atomic E-state index is 11.9. The number of aromatic carboxylic acids is 1. The highest BCUT2D eigenvalue weighted by Crippen LogP contribution is 2.16. The number of carboxylic acid groups (broad SMARTS) is 1. The second kappa shape index (κ2) is 6.29. The third-order valence-electron chi connectivity index (χ3n) is 2.59. The molecule has 0 radical (unpaired) electrons. The van der Waals surface area contributed by atoms with E-state index in [0.29, 0.717) is 5.82 Å². The average molecular weight is 335 g/mol. The van der Waals surface area contributed by atoms with Gasteiger partial charge in [0.15, 0.2) is 0 Å². The predicted octanol–water partition coefficient (Wildman–Crippen LogP) is 2.72. The number of amides is 1. The van der Waals surface area contributed by atoms with Crippen LogP contribution in [0.2, 0.25) is 0 Å². The quantitative estimate of drug-likeness (QED) is 0.900. The van der Waals surface area contributed by atoms with E-state index in [1.807, 2.05) is 24.3 Å². The van der Waals surface area contributed by atoms with Crippen LogP contribution < -0.4 is 5.32 Å². The van der Waals surface area contributed by atoms with Crippen molar-refractivity contribution in [3.63, 3.8) is 0 Å². The molecule has 5 nitrogen and oxygen atoms in total. The van der Waals surface area contributed by atoms with Crippen LogP contribution >= 0.6 is 15.9 Å². The van der Waals surface area contributed by atoms with E-state index in [1.165, 1.54) is 18.3 Å². The number of anilines is 1. The maximum atomic E-state index is 11.9. The molecule has 6 heteroatoms. The zero-order valence-electron chi connectivity index (χ0n) is 10.3. The highest BCUT2D eigenvalue weighted by atomic mass is 79.9. The van der Waals surface area contributed by atoms with Crippen molar-refractivity contribution in [2.24, 2.45) is 0 Å². The fourth-order valence-electron chi connectivity index (χ4n) is 1.60.